The first kappa shape index (κ1) is 49.1. The molecule has 0 fully saturated rings. The minimum atomic E-state index is -0.991. The van der Waals surface area contributed by atoms with Crippen LogP contribution < -0.4 is 0 Å². The highest BCUT2D eigenvalue weighted by atomic mass is 16.6. The van der Waals surface area contributed by atoms with Gasteiger partial charge < -0.3 is 52.5 Å². The van der Waals surface area contributed by atoms with Gasteiger partial charge in [0.15, 0.2) is 0 Å². The maximum atomic E-state index is 10.3. The van der Waals surface area contributed by atoms with Crippen LogP contribution in [0.3, 0.4) is 0 Å². The van der Waals surface area contributed by atoms with Crippen molar-refractivity contribution in [3.63, 3.8) is 0 Å². The smallest absolute Gasteiger partial charge is 0.329 e. The maximum absolute atomic E-state index is 10.3. The van der Waals surface area contributed by atoms with Gasteiger partial charge in [0.25, 0.3) is 0 Å². The first-order chi connectivity index (χ1) is 24.8. The molecule has 0 spiro atoms. The van der Waals surface area contributed by atoms with Crippen molar-refractivity contribution in [2.24, 2.45) is 0 Å². The van der Waals surface area contributed by atoms with Gasteiger partial charge in [-0.2, -0.15) is 0 Å². The molecule has 0 aliphatic carbocycles. The van der Waals surface area contributed by atoms with E-state index in [1.807, 2.05) is 0 Å². The Bertz CT molecular complexity index is 629. The second-order valence-corrected chi connectivity index (χ2v) is 12.3. The summed E-state index contributed by atoms with van der Waals surface area (Å²) < 4.78 is 54.2. The molecule has 0 unspecified atom stereocenters. The van der Waals surface area contributed by atoms with Crippen molar-refractivity contribution < 1.29 is 57.3 Å². The van der Waals surface area contributed by atoms with Crippen LogP contribution in [0.2, 0.25) is 0 Å². The first-order valence-corrected chi connectivity index (χ1v) is 19.8. The standard InChI is InChI=1S/C38H76O12/c1-2-3-4-5-6-7-8-9-10-11-12-13-14-15-16-17-18-41-19-20-42-21-22-43-23-24-44-25-26-45-27-28-46-29-30-47-31-32-48-33-34-49-35-36-50-37-38(39)40/h2-37H2,1H3,(H,39,40). The van der Waals surface area contributed by atoms with Gasteiger partial charge in [-0.05, 0) is 6.42 Å². The van der Waals surface area contributed by atoms with E-state index in [0.717, 1.165) is 13.0 Å². The third-order valence-electron chi connectivity index (χ3n) is 7.72. The lowest BCUT2D eigenvalue weighted by atomic mass is 10.0. The van der Waals surface area contributed by atoms with Crippen LogP contribution >= 0.6 is 0 Å². The van der Waals surface area contributed by atoms with Crippen molar-refractivity contribution in [2.75, 3.05) is 132 Å². The highest BCUT2D eigenvalue weighted by molar-refractivity contribution is 5.67. The van der Waals surface area contributed by atoms with Crippen LogP contribution in [0.5, 0.6) is 0 Å². The summed E-state index contributed by atoms with van der Waals surface area (Å²) in [5.74, 6) is -0.991. The zero-order chi connectivity index (χ0) is 36.1. The maximum Gasteiger partial charge on any atom is 0.329 e. The van der Waals surface area contributed by atoms with Crippen molar-refractivity contribution in [3.8, 4) is 0 Å². The van der Waals surface area contributed by atoms with E-state index in [1.54, 1.807) is 0 Å². The third kappa shape index (κ3) is 47.1. The number of aliphatic carboxylic acids is 1. The van der Waals surface area contributed by atoms with Crippen molar-refractivity contribution in [2.45, 2.75) is 110 Å². The number of carboxylic acid groups (broad SMARTS) is 1. The Labute approximate surface area is 304 Å². The van der Waals surface area contributed by atoms with Crippen LogP contribution in [0.4, 0.5) is 0 Å². The van der Waals surface area contributed by atoms with E-state index < -0.39 is 5.97 Å². The molecular formula is C38H76O12. The average Bonchev–Trinajstić information content (AvgIpc) is 3.11. The fraction of sp³-hybridized carbons (Fsp3) is 0.974. The summed E-state index contributed by atoms with van der Waals surface area (Å²) in [7, 11) is 0. The molecule has 0 aliphatic rings. The van der Waals surface area contributed by atoms with Gasteiger partial charge in [0.2, 0.25) is 0 Å². The van der Waals surface area contributed by atoms with Crippen LogP contribution in [-0.4, -0.2) is 143 Å². The van der Waals surface area contributed by atoms with E-state index >= 15 is 0 Å². The molecule has 0 bridgehead atoms. The van der Waals surface area contributed by atoms with Crippen LogP contribution in [0.15, 0.2) is 0 Å². The van der Waals surface area contributed by atoms with Crippen LogP contribution in [0.25, 0.3) is 0 Å². The number of hydrogen-bond donors (Lipinski definition) is 1. The Hall–Kier alpha value is -0.930. The van der Waals surface area contributed by atoms with Gasteiger partial charge in [-0.1, -0.05) is 103 Å². The quantitative estimate of drug-likeness (QED) is 0.0689. The van der Waals surface area contributed by atoms with Gasteiger partial charge in [0.05, 0.1) is 119 Å². The third-order valence-corrected chi connectivity index (χ3v) is 7.72. The lowest BCUT2D eigenvalue weighted by Gasteiger charge is -2.09. The topological polar surface area (TPSA) is 130 Å². The summed E-state index contributed by atoms with van der Waals surface area (Å²) in [4.78, 5) is 10.3. The Kier molecular flexibility index (Phi) is 45.2. The average molecular weight is 725 g/mol. The van der Waals surface area contributed by atoms with E-state index in [9.17, 15) is 4.79 Å². The molecule has 0 amide bonds. The predicted octanol–water partition coefficient (Wildman–Crippen LogP) is 6.50. The van der Waals surface area contributed by atoms with E-state index in [0.29, 0.717) is 112 Å². The molecule has 300 valence electrons. The summed E-state index contributed by atoms with van der Waals surface area (Å²) in [5, 5.41) is 8.44. The molecule has 0 heterocycles. The molecule has 0 saturated heterocycles. The highest BCUT2D eigenvalue weighted by Crippen LogP contribution is 2.13. The van der Waals surface area contributed by atoms with Crippen LogP contribution in [0.1, 0.15) is 110 Å². The molecule has 0 atom stereocenters. The van der Waals surface area contributed by atoms with Gasteiger partial charge in [0, 0.05) is 6.61 Å². The number of carbonyl (C=O) groups is 1. The SMILES string of the molecule is CCCCCCCCCCCCCCCCCCOCCOCCOCCOCCOCCOCCOCCOCCOCCOCC(=O)O. The van der Waals surface area contributed by atoms with Gasteiger partial charge in [-0.25, -0.2) is 4.79 Å². The predicted molar refractivity (Wildman–Crippen MR) is 195 cm³/mol. The molecule has 12 heteroatoms. The highest BCUT2D eigenvalue weighted by Gasteiger charge is 1.98. The Morgan fingerprint density at radius 3 is 0.740 bits per heavy atom. The van der Waals surface area contributed by atoms with Crippen molar-refractivity contribution in [1.29, 1.82) is 0 Å². The Balaban J connectivity index is 3.05. The van der Waals surface area contributed by atoms with E-state index in [2.05, 4.69) is 6.92 Å². The molecule has 0 radical (unpaired) electrons. The molecule has 0 aromatic rings. The summed E-state index contributed by atoms with van der Waals surface area (Å²) in [5.41, 5.74) is 0. The molecule has 0 aromatic heterocycles. The Morgan fingerprint density at radius 1 is 0.300 bits per heavy atom. The van der Waals surface area contributed by atoms with Gasteiger partial charge >= 0.3 is 5.97 Å². The zero-order valence-corrected chi connectivity index (χ0v) is 31.9. The monoisotopic (exact) mass is 725 g/mol. The molecular weight excluding hydrogens is 648 g/mol. The van der Waals surface area contributed by atoms with Crippen molar-refractivity contribution in [3.05, 3.63) is 0 Å². The number of ether oxygens (including phenoxy) is 10. The fourth-order valence-corrected chi connectivity index (χ4v) is 4.89. The molecule has 0 saturated carbocycles. The second-order valence-electron chi connectivity index (χ2n) is 12.3. The summed E-state index contributed by atoms with van der Waals surface area (Å²) in [6.07, 6.45) is 22.1. The number of hydrogen-bond acceptors (Lipinski definition) is 11. The van der Waals surface area contributed by atoms with Crippen molar-refractivity contribution >= 4 is 5.97 Å². The lowest BCUT2D eigenvalue weighted by Crippen LogP contribution is -2.15. The fourth-order valence-electron chi connectivity index (χ4n) is 4.89. The van der Waals surface area contributed by atoms with Crippen LogP contribution in [0, 0.1) is 0 Å². The molecule has 0 aromatic carbocycles. The molecule has 1 N–H and O–H groups in total. The zero-order valence-electron chi connectivity index (χ0n) is 31.9. The summed E-state index contributed by atoms with van der Waals surface area (Å²) in [6, 6.07) is 0. The molecule has 50 heavy (non-hydrogen) atoms. The normalized spacial score (nSPS) is 11.5. The van der Waals surface area contributed by atoms with E-state index in [1.165, 1.54) is 96.3 Å². The van der Waals surface area contributed by atoms with Crippen molar-refractivity contribution in [1.82, 2.24) is 0 Å². The van der Waals surface area contributed by atoms with Gasteiger partial charge in [-0.15, -0.1) is 0 Å². The largest absolute Gasteiger partial charge is 0.480 e. The number of unbranched alkanes of at least 4 members (excludes halogenated alkanes) is 15. The summed E-state index contributed by atoms with van der Waals surface area (Å²) >= 11 is 0. The number of carboxylic acids is 1. The minimum Gasteiger partial charge on any atom is -0.480 e. The van der Waals surface area contributed by atoms with E-state index in [4.69, 9.17) is 52.5 Å². The molecule has 0 aliphatic heterocycles. The Morgan fingerprint density at radius 2 is 0.500 bits per heavy atom. The minimum absolute atomic E-state index is 0.247. The first-order valence-electron chi connectivity index (χ1n) is 19.8. The van der Waals surface area contributed by atoms with Gasteiger partial charge in [-0.3, -0.25) is 0 Å². The summed E-state index contributed by atoms with van der Waals surface area (Å²) in [6.45, 7) is 11.6. The molecule has 12 nitrogen and oxygen atoms in total. The van der Waals surface area contributed by atoms with E-state index in [-0.39, 0.29) is 13.2 Å². The second kappa shape index (κ2) is 46.1. The van der Waals surface area contributed by atoms with Crippen LogP contribution in [-0.2, 0) is 52.2 Å². The number of rotatable bonds is 46. The lowest BCUT2D eigenvalue weighted by molar-refractivity contribution is -0.142. The van der Waals surface area contributed by atoms with Gasteiger partial charge in [0.1, 0.15) is 6.61 Å². The molecule has 0 rings (SSSR count).